The van der Waals surface area contributed by atoms with Crippen molar-refractivity contribution in [2.75, 3.05) is 0 Å². The summed E-state index contributed by atoms with van der Waals surface area (Å²) >= 11 is 6.06. The summed E-state index contributed by atoms with van der Waals surface area (Å²) in [4.78, 5) is 4.73. The molecule has 2 aromatic carbocycles. The van der Waals surface area contributed by atoms with Gasteiger partial charge in [0.05, 0.1) is 23.7 Å². The highest BCUT2D eigenvalue weighted by molar-refractivity contribution is 6.31. The number of fused-ring (bicyclic) bond motifs is 1. The van der Waals surface area contributed by atoms with E-state index in [0.29, 0.717) is 11.6 Å². The average Bonchev–Trinajstić information content (AvgIpc) is 2.76. The highest BCUT2D eigenvalue weighted by Gasteiger charge is 2.15. The first-order chi connectivity index (χ1) is 10.1. The maximum absolute atomic E-state index is 9.80. The van der Waals surface area contributed by atoms with Gasteiger partial charge in [0.25, 0.3) is 0 Å². The monoisotopic (exact) mass is 300 g/mol. The molecule has 108 valence electrons. The number of hydrogen-bond acceptors (Lipinski definition) is 2. The van der Waals surface area contributed by atoms with Crippen molar-refractivity contribution in [2.45, 2.75) is 26.5 Å². The molecule has 0 saturated carbocycles. The van der Waals surface area contributed by atoms with Gasteiger partial charge in [-0.15, -0.1) is 0 Å². The average molecular weight is 301 g/mol. The fourth-order valence-electron chi connectivity index (χ4n) is 2.58. The van der Waals surface area contributed by atoms with E-state index in [2.05, 4.69) is 23.6 Å². The first kappa shape index (κ1) is 14.1. The Balaban J connectivity index is 2.28. The van der Waals surface area contributed by atoms with E-state index in [9.17, 15) is 5.11 Å². The molecule has 0 radical (unpaired) electrons. The molecule has 0 saturated heterocycles. The molecule has 3 aromatic rings. The molecule has 1 atom stereocenters. The number of nitrogens with zero attached hydrogens (tertiary/aromatic N) is 2. The molecular formula is C17H17ClN2O. The van der Waals surface area contributed by atoms with Crippen LogP contribution in [0.4, 0.5) is 0 Å². The molecule has 4 heteroatoms. The number of aliphatic hydroxyl groups excluding tert-OH is 1. The van der Waals surface area contributed by atoms with Crippen LogP contribution in [0.25, 0.3) is 22.4 Å². The van der Waals surface area contributed by atoms with E-state index in [-0.39, 0.29) is 0 Å². The Bertz CT molecular complexity index is 793. The molecule has 3 nitrogen and oxygen atoms in total. The van der Waals surface area contributed by atoms with E-state index < -0.39 is 6.10 Å². The first-order valence-corrected chi connectivity index (χ1v) is 7.34. The Morgan fingerprint density at radius 2 is 2.00 bits per heavy atom. The lowest BCUT2D eigenvalue weighted by Gasteiger charge is -2.12. The molecule has 0 aliphatic carbocycles. The maximum Gasteiger partial charge on any atom is 0.141 e. The van der Waals surface area contributed by atoms with Gasteiger partial charge in [-0.2, -0.15) is 0 Å². The molecule has 1 N–H and O–H groups in total. The van der Waals surface area contributed by atoms with E-state index >= 15 is 0 Å². The van der Waals surface area contributed by atoms with Crippen LogP contribution in [0.3, 0.4) is 0 Å². The standard InChI is InChI=1S/C17H17ClN2O/c1-11-5-3-4-6-14(11)17-19-15-9-13(18)7-8-16(15)20(17)10-12(2)21/h3-9,12,21H,10H2,1-2H3. The van der Waals surface area contributed by atoms with Crippen LogP contribution in [0.1, 0.15) is 12.5 Å². The summed E-state index contributed by atoms with van der Waals surface area (Å²) in [6, 6.07) is 13.8. The van der Waals surface area contributed by atoms with Gasteiger partial charge in [-0.1, -0.05) is 35.9 Å². The Morgan fingerprint density at radius 1 is 1.24 bits per heavy atom. The van der Waals surface area contributed by atoms with Crippen LogP contribution in [-0.4, -0.2) is 20.8 Å². The Kier molecular flexibility index (Phi) is 3.70. The van der Waals surface area contributed by atoms with Gasteiger partial charge >= 0.3 is 0 Å². The summed E-state index contributed by atoms with van der Waals surface area (Å²) in [7, 11) is 0. The van der Waals surface area contributed by atoms with Gasteiger partial charge in [0.1, 0.15) is 5.82 Å². The van der Waals surface area contributed by atoms with Crippen molar-refractivity contribution in [1.29, 1.82) is 0 Å². The second kappa shape index (κ2) is 5.51. The molecule has 0 bridgehead atoms. The maximum atomic E-state index is 9.80. The van der Waals surface area contributed by atoms with Crippen LogP contribution in [0.15, 0.2) is 42.5 Å². The van der Waals surface area contributed by atoms with E-state index in [1.54, 1.807) is 6.92 Å². The molecular weight excluding hydrogens is 284 g/mol. The third-order valence-electron chi connectivity index (χ3n) is 3.54. The van der Waals surface area contributed by atoms with Gasteiger partial charge in [-0.3, -0.25) is 0 Å². The quantitative estimate of drug-likeness (QED) is 0.792. The SMILES string of the molecule is Cc1ccccc1-c1nc2cc(Cl)ccc2n1CC(C)O. The topological polar surface area (TPSA) is 38.0 Å². The van der Waals surface area contributed by atoms with Crippen LogP contribution in [0, 0.1) is 6.92 Å². The normalized spacial score (nSPS) is 12.8. The number of aromatic nitrogens is 2. The first-order valence-electron chi connectivity index (χ1n) is 6.96. The molecule has 0 aliphatic rings. The Morgan fingerprint density at radius 3 is 2.71 bits per heavy atom. The number of hydrogen-bond donors (Lipinski definition) is 1. The minimum Gasteiger partial charge on any atom is -0.392 e. The van der Waals surface area contributed by atoms with Crippen LogP contribution in [-0.2, 0) is 6.54 Å². The van der Waals surface area contributed by atoms with E-state index in [4.69, 9.17) is 16.6 Å². The summed E-state index contributed by atoms with van der Waals surface area (Å²) < 4.78 is 2.05. The molecule has 1 heterocycles. The number of aryl methyl sites for hydroxylation is 1. The lowest BCUT2D eigenvalue weighted by molar-refractivity contribution is 0.175. The third-order valence-corrected chi connectivity index (χ3v) is 3.78. The fraction of sp³-hybridized carbons (Fsp3) is 0.235. The van der Waals surface area contributed by atoms with Crippen molar-refractivity contribution < 1.29 is 5.11 Å². The van der Waals surface area contributed by atoms with Crippen molar-refractivity contribution in [1.82, 2.24) is 9.55 Å². The second-order valence-corrected chi connectivity index (χ2v) is 5.78. The highest BCUT2D eigenvalue weighted by atomic mass is 35.5. The predicted molar refractivity (Wildman–Crippen MR) is 86.6 cm³/mol. The van der Waals surface area contributed by atoms with E-state index in [0.717, 1.165) is 28.0 Å². The van der Waals surface area contributed by atoms with Gasteiger partial charge < -0.3 is 9.67 Å². The lowest BCUT2D eigenvalue weighted by Crippen LogP contribution is -2.13. The number of halogens is 1. The molecule has 3 rings (SSSR count). The van der Waals surface area contributed by atoms with Crippen molar-refractivity contribution in [2.24, 2.45) is 0 Å². The van der Waals surface area contributed by atoms with Gasteiger partial charge in [0, 0.05) is 10.6 Å². The largest absolute Gasteiger partial charge is 0.392 e. The number of benzene rings is 2. The lowest BCUT2D eigenvalue weighted by atomic mass is 10.1. The molecule has 1 unspecified atom stereocenters. The smallest absolute Gasteiger partial charge is 0.141 e. The second-order valence-electron chi connectivity index (χ2n) is 5.34. The van der Waals surface area contributed by atoms with Crippen LogP contribution >= 0.6 is 11.6 Å². The van der Waals surface area contributed by atoms with Crippen molar-refractivity contribution in [3.8, 4) is 11.4 Å². The van der Waals surface area contributed by atoms with Crippen molar-refractivity contribution in [3.63, 3.8) is 0 Å². The molecule has 0 fully saturated rings. The predicted octanol–water partition coefficient (Wildman–Crippen LogP) is 4.05. The van der Waals surface area contributed by atoms with Gasteiger partial charge in [-0.05, 0) is 37.6 Å². The Hall–Kier alpha value is -1.84. The fourth-order valence-corrected chi connectivity index (χ4v) is 2.75. The number of imidazole rings is 1. The zero-order valence-corrected chi connectivity index (χ0v) is 12.8. The zero-order chi connectivity index (χ0) is 15.0. The van der Waals surface area contributed by atoms with E-state index in [1.807, 2.05) is 30.3 Å². The third kappa shape index (κ3) is 2.67. The minimum absolute atomic E-state index is 0.444. The molecule has 0 spiro atoms. The summed E-state index contributed by atoms with van der Waals surface area (Å²) in [6.07, 6.45) is -0.444. The van der Waals surface area contributed by atoms with E-state index in [1.165, 1.54) is 0 Å². The van der Waals surface area contributed by atoms with Crippen LogP contribution in [0.2, 0.25) is 5.02 Å². The molecule has 21 heavy (non-hydrogen) atoms. The summed E-state index contributed by atoms with van der Waals surface area (Å²) in [5.41, 5.74) is 4.07. The highest BCUT2D eigenvalue weighted by Crippen LogP contribution is 2.28. The minimum atomic E-state index is -0.444. The molecule has 0 aliphatic heterocycles. The van der Waals surface area contributed by atoms with Crippen molar-refractivity contribution in [3.05, 3.63) is 53.1 Å². The summed E-state index contributed by atoms with van der Waals surface area (Å²) in [6.45, 7) is 4.35. The van der Waals surface area contributed by atoms with Gasteiger partial charge in [0.15, 0.2) is 0 Å². The summed E-state index contributed by atoms with van der Waals surface area (Å²) in [5, 5.41) is 10.5. The van der Waals surface area contributed by atoms with Crippen LogP contribution in [0.5, 0.6) is 0 Å². The van der Waals surface area contributed by atoms with Gasteiger partial charge in [-0.25, -0.2) is 4.98 Å². The molecule has 1 aromatic heterocycles. The molecule has 0 amide bonds. The van der Waals surface area contributed by atoms with Crippen molar-refractivity contribution >= 4 is 22.6 Å². The zero-order valence-electron chi connectivity index (χ0n) is 12.0. The number of aliphatic hydroxyl groups is 1. The number of rotatable bonds is 3. The summed E-state index contributed by atoms with van der Waals surface area (Å²) in [5.74, 6) is 0.867. The van der Waals surface area contributed by atoms with Gasteiger partial charge in [0.2, 0.25) is 0 Å². The van der Waals surface area contributed by atoms with Crippen LogP contribution < -0.4 is 0 Å². The Labute approximate surface area is 128 Å².